The lowest BCUT2D eigenvalue weighted by Crippen LogP contribution is -2.41. The molecule has 1 saturated heterocycles. The monoisotopic (exact) mass is 347 g/mol. The highest BCUT2D eigenvalue weighted by atomic mass is 16.5. The molecule has 0 bridgehead atoms. The van der Waals surface area contributed by atoms with Gasteiger partial charge in [-0.3, -0.25) is 9.48 Å². The number of aromatic nitrogens is 4. The van der Waals surface area contributed by atoms with Crippen LogP contribution in [0.5, 0.6) is 17.8 Å². The molecule has 0 N–H and O–H groups in total. The maximum Gasteiger partial charge on any atom is 0.319 e. The van der Waals surface area contributed by atoms with E-state index in [2.05, 4.69) is 15.1 Å². The van der Waals surface area contributed by atoms with Gasteiger partial charge >= 0.3 is 6.01 Å². The number of carbonyl (C=O) groups excluding carboxylic acids is 1. The normalized spacial score (nSPS) is 15.1. The fourth-order valence-corrected chi connectivity index (χ4v) is 2.77. The van der Waals surface area contributed by atoms with Crippen molar-refractivity contribution in [3.8, 4) is 17.8 Å². The summed E-state index contributed by atoms with van der Waals surface area (Å²) in [7, 11) is 4.78. The molecule has 2 aromatic rings. The van der Waals surface area contributed by atoms with E-state index >= 15 is 0 Å². The number of methoxy groups -OCH3 is 2. The smallest absolute Gasteiger partial charge is 0.319 e. The third kappa shape index (κ3) is 3.81. The summed E-state index contributed by atoms with van der Waals surface area (Å²) in [6, 6.07) is 1.97. The minimum absolute atomic E-state index is 0.000509. The number of piperidine rings is 1. The zero-order valence-corrected chi connectivity index (χ0v) is 14.5. The van der Waals surface area contributed by atoms with Gasteiger partial charge in [0.25, 0.3) is 5.91 Å². The minimum atomic E-state index is -0.0768. The molecule has 1 fully saturated rings. The second kappa shape index (κ2) is 7.37. The lowest BCUT2D eigenvalue weighted by molar-refractivity contribution is 0.0583. The van der Waals surface area contributed by atoms with E-state index in [9.17, 15) is 4.79 Å². The Bertz CT molecular complexity index is 740. The molecule has 2 aromatic heterocycles. The van der Waals surface area contributed by atoms with Gasteiger partial charge < -0.3 is 19.1 Å². The van der Waals surface area contributed by atoms with Crippen molar-refractivity contribution >= 4 is 5.91 Å². The summed E-state index contributed by atoms with van der Waals surface area (Å²) in [5.41, 5.74) is 0.477. The van der Waals surface area contributed by atoms with E-state index in [4.69, 9.17) is 14.2 Å². The highest BCUT2D eigenvalue weighted by Crippen LogP contribution is 2.22. The molecule has 134 valence electrons. The second-order valence-corrected chi connectivity index (χ2v) is 5.72. The molecule has 0 aromatic carbocycles. The number of amides is 1. The van der Waals surface area contributed by atoms with E-state index in [0.29, 0.717) is 30.4 Å². The average molecular weight is 347 g/mol. The van der Waals surface area contributed by atoms with Crippen LogP contribution in [0.1, 0.15) is 23.2 Å². The van der Waals surface area contributed by atoms with E-state index in [1.807, 2.05) is 0 Å². The van der Waals surface area contributed by atoms with Gasteiger partial charge in [-0.1, -0.05) is 0 Å². The van der Waals surface area contributed by atoms with Crippen LogP contribution in [-0.4, -0.2) is 64.0 Å². The Balaban J connectivity index is 1.58. The van der Waals surface area contributed by atoms with Crippen LogP contribution in [0.15, 0.2) is 18.5 Å². The molecule has 1 aliphatic rings. The van der Waals surface area contributed by atoms with E-state index in [1.165, 1.54) is 14.2 Å². The number of rotatable bonds is 5. The van der Waals surface area contributed by atoms with Gasteiger partial charge in [0.1, 0.15) is 11.7 Å². The molecule has 9 heteroatoms. The van der Waals surface area contributed by atoms with Crippen LogP contribution in [-0.2, 0) is 7.05 Å². The quantitative estimate of drug-likeness (QED) is 0.794. The maximum absolute atomic E-state index is 12.7. The van der Waals surface area contributed by atoms with Crippen molar-refractivity contribution in [1.29, 1.82) is 0 Å². The van der Waals surface area contributed by atoms with Crippen molar-refractivity contribution in [3.05, 3.63) is 24.0 Å². The summed E-state index contributed by atoms with van der Waals surface area (Å²) in [6.07, 6.45) is 4.71. The highest BCUT2D eigenvalue weighted by Gasteiger charge is 2.28. The van der Waals surface area contributed by atoms with Crippen LogP contribution >= 0.6 is 0 Å². The number of hydrogen-bond acceptors (Lipinski definition) is 7. The van der Waals surface area contributed by atoms with Crippen LogP contribution in [0.4, 0.5) is 0 Å². The third-order valence-corrected chi connectivity index (χ3v) is 4.03. The predicted octanol–water partition coefficient (Wildman–Crippen LogP) is 0.911. The second-order valence-electron chi connectivity index (χ2n) is 5.72. The lowest BCUT2D eigenvalue weighted by Gasteiger charge is -2.31. The van der Waals surface area contributed by atoms with Crippen molar-refractivity contribution in [2.75, 3.05) is 27.3 Å². The fourth-order valence-electron chi connectivity index (χ4n) is 2.77. The molecular weight excluding hydrogens is 326 g/mol. The molecule has 0 unspecified atom stereocenters. The topological polar surface area (TPSA) is 91.6 Å². The third-order valence-electron chi connectivity index (χ3n) is 4.03. The van der Waals surface area contributed by atoms with Crippen LogP contribution in [0.2, 0.25) is 0 Å². The van der Waals surface area contributed by atoms with E-state index < -0.39 is 0 Å². The number of nitrogens with zero attached hydrogens (tertiary/aromatic N) is 5. The van der Waals surface area contributed by atoms with Gasteiger partial charge in [0, 0.05) is 51.4 Å². The summed E-state index contributed by atoms with van der Waals surface area (Å²) in [6.45, 7) is 1.20. The first-order valence-corrected chi connectivity index (χ1v) is 8.01. The van der Waals surface area contributed by atoms with Crippen molar-refractivity contribution in [1.82, 2.24) is 24.6 Å². The first-order chi connectivity index (χ1) is 12.1. The summed E-state index contributed by atoms with van der Waals surface area (Å²) >= 11 is 0. The van der Waals surface area contributed by atoms with Crippen LogP contribution < -0.4 is 14.2 Å². The van der Waals surface area contributed by atoms with Crippen LogP contribution in [0.3, 0.4) is 0 Å². The Morgan fingerprint density at radius 3 is 2.68 bits per heavy atom. The van der Waals surface area contributed by atoms with Gasteiger partial charge in [-0.25, -0.2) is 4.98 Å². The average Bonchev–Trinajstić information content (AvgIpc) is 3.03. The van der Waals surface area contributed by atoms with E-state index in [0.717, 1.165) is 12.8 Å². The van der Waals surface area contributed by atoms with E-state index in [-0.39, 0.29) is 18.0 Å². The standard InChI is InChI=1S/C16H21N5O4/c1-20-10-12(14(19-20)23-2)15(22)21-8-5-11(6-9-21)25-13-4-7-17-16(18-13)24-3/h4,7,10-11H,5-6,8-9H2,1-3H3. The SMILES string of the molecule is COc1nccc(OC2CCN(C(=O)c3cn(C)nc3OC)CC2)n1. The largest absolute Gasteiger partial charge is 0.479 e. The summed E-state index contributed by atoms with van der Waals surface area (Å²) in [5.74, 6) is 0.747. The Morgan fingerprint density at radius 2 is 2.00 bits per heavy atom. The lowest BCUT2D eigenvalue weighted by atomic mass is 10.1. The van der Waals surface area contributed by atoms with Gasteiger partial charge in [0.2, 0.25) is 11.8 Å². The molecule has 0 atom stereocenters. The van der Waals surface area contributed by atoms with Crippen molar-refractivity contribution in [2.45, 2.75) is 18.9 Å². The van der Waals surface area contributed by atoms with Crippen molar-refractivity contribution in [3.63, 3.8) is 0 Å². The zero-order valence-electron chi connectivity index (χ0n) is 14.5. The van der Waals surface area contributed by atoms with Crippen molar-refractivity contribution in [2.24, 2.45) is 7.05 Å². The Labute approximate surface area is 145 Å². The molecule has 0 saturated carbocycles. The minimum Gasteiger partial charge on any atom is -0.479 e. The first-order valence-electron chi connectivity index (χ1n) is 8.01. The molecule has 1 amide bonds. The van der Waals surface area contributed by atoms with Gasteiger partial charge in [-0.05, 0) is 0 Å². The number of aryl methyl sites for hydroxylation is 1. The molecule has 0 radical (unpaired) electrons. The zero-order chi connectivity index (χ0) is 17.8. The molecule has 9 nitrogen and oxygen atoms in total. The van der Waals surface area contributed by atoms with Crippen LogP contribution in [0.25, 0.3) is 0 Å². The molecule has 3 heterocycles. The summed E-state index contributed by atoms with van der Waals surface area (Å²) in [4.78, 5) is 22.5. The Hall–Kier alpha value is -2.84. The Morgan fingerprint density at radius 1 is 1.24 bits per heavy atom. The highest BCUT2D eigenvalue weighted by molar-refractivity contribution is 5.96. The molecule has 0 aliphatic carbocycles. The van der Waals surface area contributed by atoms with E-state index in [1.54, 1.807) is 35.1 Å². The molecule has 25 heavy (non-hydrogen) atoms. The van der Waals surface area contributed by atoms with Gasteiger partial charge in [-0.15, -0.1) is 5.10 Å². The van der Waals surface area contributed by atoms with Gasteiger partial charge in [-0.2, -0.15) is 4.98 Å². The number of hydrogen-bond donors (Lipinski definition) is 0. The fraction of sp³-hybridized carbons (Fsp3) is 0.500. The summed E-state index contributed by atoms with van der Waals surface area (Å²) < 4.78 is 17.6. The molecular formula is C16H21N5O4. The summed E-state index contributed by atoms with van der Waals surface area (Å²) in [5, 5.41) is 4.13. The van der Waals surface area contributed by atoms with Crippen LogP contribution in [0, 0.1) is 0 Å². The van der Waals surface area contributed by atoms with Gasteiger partial charge in [0.15, 0.2) is 0 Å². The molecule has 0 spiro atoms. The van der Waals surface area contributed by atoms with Gasteiger partial charge in [0.05, 0.1) is 14.2 Å². The molecule has 3 rings (SSSR count). The first kappa shape index (κ1) is 17.0. The number of ether oxygens (including phenoxy) is 3. The number of carbonyl (C=O) groups is 1. The number of likely N-dealkylation sites (tertiary alicyclic amines) is 1. The predicted molar refractivity (Wildman–Crippen MR) is 87.9 cm³/mol. The Kier molecular flexibility index (Phi) is 5.01. The molecule has 1 aliphatic heterocycles. The maximum atomic E-state index is 12.7. The van der Waals surface area contributed by atoms with Crippen molar-refractivity contribution < 1.29 is 19.0 Å².